The number of primary amides is 1. The average molecular weight is 309 g/mol. The van der Waals surface area contributed by atoms with Gasteiger partial charge in [-0.1, -0.05) is 0 Å². The van der Waals surface area contributed by atoms with Gasteiger partial charge in [-0.2, -0.15) is 5.10 Å². The molecule has 2 rings (SSSR count). The Morgan fingerprint density at radius 1 is 1.43 bits per heavy atom. The van der Waals surface area contributed by atoms with Crippen LogP contribution >= 0.6 is 11.3 Å². The Morgan fingerprint density at radius 2 is 2.05 bits per heavy atom. The molecule has 0 saturated carbocycles. The van der Waals surface area contributed by atoms with E-state index in [4.69, 9.17) is 11.5 Å². The number of thiophene rings is 1. The molecule has 0 radical (unpaired) electrons. The van der Waals surface area contributed by atoms with E-state index in [-0.39, 0.29) is 18.5 Å². The van der Waals surface area contributed by atoms with Crippen LogP contribution in [0.3, 0.4) is 0 Å². The molecular formula is C13H19N5O2S. The average Bonchev–Trinajstić information content (AvgIpc) is 2.85. The number of amides is 2. The maximum atomic E-state index is 12.7. The predicted molar refractivity (Wildman–Crippen MR) is 83.1 cm³/mol. The lowest BCUT2D eigenvalue weighted by Gasteiger charge is -2.24. The van der Waals surface area contributed by atoms with Gasteiger partial charge in [0.25, 0.3) is 5.91 Å². The lowest BCUT2D eigenvalue weighted by atomic mass is 10.2. The zero-order chi connectivity index (χ0) is 15.9. The van der Waals surface area contributed by atoms with Crippen LogP contribution in [0, 0.1) is 6.92 Å². The summed E-state index contributed by atoms with van der Waals surface area (Å²) < 4.78 is 1.70. The number of nitrogen functional groups attached to an aromatic ring is 1. The topological polar surface area (TPSA) is 107 Å². The first-order chi connectivity index (χ1) is 9.73. The van der Waals surface area contributed by atoms with Crippen LogP contribution in [0.1, 0.15) is 29.2 Å². The van der Waals surface area contributed by atoms with Crippen LogP contribution in [-0.4, -0.2) is 39.1 Å². The molecule has 2 aromatic rings. The van der Waals surface area contributed by atoms with E-state index in [1.807, 2.05) is 27.8 Å². The van der Waals surface area contributed by atoms with E-state index in [2.05, 4.69) is 5.10 Å². The quantitative estimate of drug-likeness (QED) is 0.873. The van der Waals surface area contributed by atoms with Gasteiger partial charge in [-0.15, -0.1) is 11.3 Å². The zero-order valence-corrected chi connectivity index (χ0v) is 13.3. The summed E-state index contributed by atoms with van der Waals surface area (Å²) in [6, 6.07) is -0.145. The van der Waals surface area contributed by atoms with Gasteiger partial charge in [-0.25, -0.2) is 0 Å². The van der Waals surface area contributed by atoms with Crippen molar-refractivity contribution in [2.75, 3.05) is 12.3 Å². The third-order valence-electron chi connectivity index (χ3n) is 3.29. The van der Waals surface area contributed by atoms with Crippen molar-refractivity contribution in [2.45, 2.75) is 26.8 Å². The monoisotopic (exact) mass is 309 g/mol. The molecule has 0 spiro atoms. The molecule has 0 aromatic carbocycles. The summed E-state index contributed by atoms with van der Waals surface area (Å²) in [5, 5.41) is 5.09. The zero-order valence-electron chi connectivity index (χ0n) is 12.5. The second-order valence-corrected chi connectivity index (χ2v) is 6.23. The summed E-state index contributed by atoms with van der Waals surface area (Å²) in [6.45, 7) is 5.39. The van der Waals surface area contributed by atoms with E-state index >= 15 is 0 Å². The maximum absolute atomic E-state index is 12.7. The van der Waals surface area contributed by atoms with E-state index < -0.39 is 5.91 Å². The molecule has 7 nitrogen and oxygen atoms in total. The first-order valence-corrected chi connectivity index (χ1v) is 7.36. The molecule has 21 heavy (non-hydrogen) atoms. The van der Waals surface area contributed by atoms with E-state index in [0.717, 1.165) is 15.9 Å². The summed E-state index contributed by atoms with van der Waals surface area (Å²) in [5.41, 5.74) is 12.5. The van der Waals surface area contributed by atoms with Gasteiger partial charge in [-0.05, 0) is 20.8 Å². The van der Waals surface area contributed by atoms with Crippen molar-refractivity contribution < 1.29 is 9.59 Å². The van der Waals surface area contributed by atoms with Crippen LogP contribution in [0.15, 0.2) is 0 Å². The molecule has 8 heteroatoms. The molecule has 2 aromatic heterocycles. The van der Waals surface area contributed by atoms with Crippen LogP contribution in [-0.2, 0) is 11.8 Å². The Hall–Kier alpha value is -2.09. The van der Waals surface area contributed by atoms with Crippen molar-refractivity contribution in [1.29, 1.82) is 0 Å². The van der Waals surface area contributed by atoms with Gasteiger partial charge in [0, 0.05) is 13.1 Å². The third kappa shape index (κ3) is 2.58. The van der Waals surface area contributed by atoms with Crippen LogP contribution in [0.25, 0.3) is 10.2 Å². The van der Waals surface area contributed by atoms with Crippen molar-refractivity contribution in [2.24, 2.45) is 12.8 Å². The summed E-state index contributed by atoms with van der Waals surface area (Å²) in [5.74, 6) is -0.823. The minimum absolute atomic E-state index is 0.124. The number of fused-ring (bicyclic) bond motifs is 1. The smallest absolute Gasteiger partial charge is 0.266 e. The van der Waals surface area contributed by atoms with Gasteiger partial charge in [0.1, 0.15) is 9.71 Å². The number of anilines is 1. The first kappa shape index (κ1) is 15.3. The van der Waals surface area contributed by atoms with Crippen LogP contribution in [0.2, 0.25) is 0 Å². The van der Waals surface area contributed by atoms with Crippen molar-refractivity contribution >= 4 is 39.1 Å². The number of nitrogens with zero attached hydrogens (tertiary/aromatic N) is 3. The largest absolute Gasteiger partial charge is 0.397 e. The number of carbonyl (C=O) groups excluding carboxylic acids is 2. The molecule has 0 bridgehead atoms. The fourth-order valence-electron chi connectivity index (χ4n) is 2.28. The van der Waals surface area contributed by atoms with Crippen LogP contribution < -0.4 is 11.5 Å². The number of carbonyl (C=O) groups is 2. The Bertz CT molecular complexity index is 716. The fraction of sp³-hybridized carbons (Fsp3) is 0.462. The fourth-order valence-corrected chi connectivity index (χ4v) is 3.42. The maximum Gasteiger partial charge on any atom is 0.266 e. The first-order valence-electron chi connectivity index (χ1n) is 6.54. The number of aryl methyl sites for hydroxylation is 2. The van der Waals surface area contributed by atoms with E-state index in [1.54, 1.807) is 4.68 Å². The molecule has 4 N–H and O–H groups in total. The van der Waals surface area contributed by atoms with E-state index in [9.17, 15) is 9.59 Å². The van der Waals surface area contributed by atoms with Gasteiger partial charge >= 0.3 is 0 Å². The molecule has 2 amide bonds. The molecule has 0 atom stereocenters. The van der Waals surface area contributed by atoms with Crippen LogP contribution in [0.4, 0.5) is 5.69 Å². The molecular weight excluding hydrogens is 290 g/mol. The minimum atomic E-state index is -0.547. The van der Waals surface area contributed by atoms with E-state index in [1.165, 1.54) is 16.2 Å². The van der Waals surface area contributed by atoms with Gasteiger partial charge < -0.3 is 16.4 Å². The number of hydrogen-bond donors (Lipinski definition) is 2. The number of aromatic nitrogens is 2. The highest BCUT2D eigenvalue weighted by atomic mass is 32.1. The summed E-state index contributed by atoms with van der Waals surface area (Å²) in [6.07, 6.45) is 0. The summed E-state index contributed by atoms with van der Waals surface area (Å²) in [4.78, 5) is 26.5. The molecule has 0 fully saturated rings. The molecule has 0 unspecified atom stereocenters. The van der Waals surface area contributed by atoms with Gasteiger partial charge in [0.2, 0.25) is 5.91 Å². The minimum Gasteiger partial charge on any atom is -0.397 e. The molecule has 0 aliphatic carbocycles. The van der Waals surface area contributed by atoms with Gasteiger partial charge in [-0.3, -0.25) is 14.3 Å². The lowest BCUT2D eigenvalue weighted by Crippen LogP contribution is -2.42. The van der Waals surface area contributed by atoms with Crippen molar-refractivity contribution in [3.05, 3.63) is 10.6 Å². The molecule has 0 saturated heterocycles. The number of hydrogen-bond acceptors (Lipinski definition) is 5. The standard InChI is InChI=1S/C13H19N5O2S/c1-6(2)18(5-8(14)19)12(20)11-10(15)9-7(3)16-17(4)13(9)21-11/h6H,5,15H2,1-4H3,(H2,14,19). The summed E-state index contributed by atoms with van der Waals surface area (Å²) in [7, 11) is 1.81. The highest BCUT2D eigenvalue weighted by molar-refractivity contribution is 7.21. The SMILES string of the molecule is Cc1nn(C)c2sc(C(=O)N(CC(N)=O)C(C)C)c(N)c12. The Kier molecular flexibility index (Phi) is 3.91. The van der Waals surface area contributed by atoms with Gasteiger partial charge in [0.05, 0.1) is 23.3 Å². The summed E-state index contributed by atoms with van der Waals surface area (Å²) >= 11 is 1.28. The van der Waals surface area contributed by atoms with Crippen molar-refractivity contribution in [1.82, 2.24) is 14.7 Å². The predicted octanol–water partition coefficient (Wildman–Crippen LogP) is 0.861. The van der Waals surface area contributed by atoms with E-state index in [0.29, 0.717) is 10.6 Å². The number of nitrogens with two attached hydrogens (primary N) is 2. The molecule has 2 heterocycles. The lowest BCUT2D eigenvalue weighted by molar-refractivity contribution is -0.119. The third-order valence-corrected chi connectivity index (χ3v) is 4.55. The number of rotatable bonds is 4. The normalized spacial score (nSPS) is 11.3. The Balaban J connectivity index is 2.49. The Morgan fingerprint density at radius 3 is 2.52 bits per heavy atom. The highest BCUT2D eigenvalue weighted by Gasteiger charge is 2.27. The Labute approximate surface area is 126 Å². The molecule has 0 aliphatic heterocycles. The molecule has 114 valence electrons. The van der Waals surface area contributed by atoms with Crippen molar-refractivity contribution in [3.63, 3.8) is 0 Å². The highest BCUT2D eigenvalue weighted by Crippen LogP contribution is 2.36. The second kappa shape index (κ2) is 5.36. The van der Waals surface area contributed by atoms with Crippen LogP contribution in [0.5, 0.6) is 0 Å². The van der Waals surface area contributed by atoms with Crippen molar-refractivity contribution in [3.8, 4) is 0 Å². The van der Waals surface area contributed by atoms with Gasteiger partial charge in [0.15, 0.2) is 0 Å². The second-order valence-electron chi connectivity index (χ2n) is 5.23. The molecule has 0 aliphatic rings.